The Morgan fingerprint density at radius 1 is 0.935 bits per heavy atom. The summed E-state index contributed by atoms with van der Waals surface area (Å²) in [6.45, 7) is -0.598. The highest BCUT2D eigenvalue weighted by Crippen LogP contribution is 2.56. The molecular weight excluding hydrogens is 419 g/mol. The van der Waals surface area contributed by atoms with E-state index in [-0.39, 0.29) is 45.4 Å². The van der Waals surface area contributed by atoms with Crippen molar-refractivity contribution in [2.24, 2.45) is 5.92 Å². The zero-order chi connectivity index (χ0) is 22.3. The Hall–Kier alpha value is -2.47. The molecule has 0 aliphatic carbocycles. The fourth-order valence-electron chi connectivity index (χ4n) is 3.85. The van der Waals surface area contributed by atoms with E-state index in [2.05, 4.69) is 0 Å². The first kappa shape index (κ1) is 23.2. The van der Waals surface area contributed by atoms with E-state index in [0.29, 0.717) is 11.5 Å². The van der Waals surface area contributed by atoms with Gasteiger partial charge in [-0.1, -0.05) is 48.5 Å². The normalized spacial score (nSPS) is 17.9. The van der Waals surface area contributed by atoms with Crippen molar-refractivity contribution in [1.29, 1.82) is 0 Å². The van der Waals surface area contributed by atoms with Crippen LogP contribution >= 0.6 is 7.14 Å². The fourth-order valence-corrected chi connectivity index (χ4v) is 7.16. The number of aliphatic hydroxyl groups is 2. The van der Waals surface area contributed by atoms with E-state index in [9.17, 15) is 14.2 Å². The van der Waals surface area contributed by atoms with Crippen LogP contribution in [0, 0.1) is 5.92 Å². The SMILES string of the molecule is O=C(CC(CP1(=O)Cc2ccccc2-c2ccccc21)C(=O)OCCCO)OCCO. The molecule has 0 fully saturated rings. The lowest BCUT2D eigenvalue weighted by Gasteiger charge is -2.30. The van der Waals surface area contributed by atoms with Crippen molar-refractivity contribution in [3.8, 4) is 11.1 Å². The van der Waals surface area contributed by atoms with Crippen LogP contribution in [0.15, 0.2) is 48.5 Å². The Kier molecular flexibility index (Phi) is 8.02. The van der Waals surface area contributed by atoms with E-state index in [4.69, 9.17) is 19.7 Å². The number of fused-ring (bicyclic) bond motifs is 3. The summed E-state index contributed by atoms with van der Waals surface area (Å²) in [5.41, 5.74) is 2.84. The quantitative estimate of drug-likeness (QED) is 0.327. The molecule has 0 saturated heterocycles. The number of hydrogen-bond donors (Lipinski definition) is 2. The zero-order valence-electron chi connectivity index (χ0n) is 17.2. The Morgan fingerprint density at radius 3 is 2.39 bits per heavy atom. The third kappa shape index (κ3) is 5.62. The molecule has 8 heteroatoms. The van der Waals surface area contributed by atoms with Gasteiger partial charge >= 0.3 is 11.9 Å². The smallest absolute Gasteiger partial charge is 0.310 e. The maximum Gasteiger partial charge on any atom is 0.310 e. The van der Waals surface area contributed by atoms with Crippen LogP contribution in [-0.2, 0) is 29.8 Å². The van der Waals surface area contributed by atoms with Gasteiger partial charge in [-0.05, 0) is 16.7 Å². The average Bonchev–Trinajstić information content (AvgIpc) is 2.77. The molecule has 2 N–H and O–H groups in total. The van der Waals surface area contributed by atoms with Gasteiger partial charge in [0.25, 0.3) is 0 Å². The lowest BCUT2D eigenvalue weighted by molar-refractivity contribution is -0.155. The van der Waals surface area contributed by atoms with Crippen LogP contribution in [0.5, 0.6) is 0 Å². The molecule has 166 valence electrons. The number of carbonyl (C=O) groups excluding carboxylic acids is 2. The number of benzene rings is 2. The summed E-state index contributed by atoms with van der Waals surface area (Å²) in [7, 11) is -3.07. The average molecular weight is 446 g/mol. The Morgan fingerprint density at radius 2 is 1.65 bits per heavy atom. The zero-order valence-corrected chi connectivity index (χ0v) is 18.1. The van der Waals surface area contributed by atoms with Crippen molar-refractivity contribution < 1.29 is 33.8 Å². The van der Waals surface area contributed by atoms with Gasteiger partial charge < -0.3 is 24.3 Å². The molecule has 2 unspecified atom stereocenters. The van der Waals surface area contributed by atoms with Crippen molar-refractivity contribution in [3.05, 3.63) is 54.1 Å². The van der Waals surface area contributed by atoms with Crippen molar-refractivity contribution in [2.45, 2.75) is 19.0 Å². The predicted molar refractivity (Wildman–Crippen MR) is 117 cm³/mol. The Labute approximate surface area is 181 Å². The number of aliphatic hydroxyl groups excluding tert-OH is 2. The molecule has 0 aromatic heterocycles. The first-order valence-electron chi connectivity index (χ1n) is 10.3. The van der Waals surface area contributed by atoms with Crippen molar-refractivity contribution in [2.75, 3.05) is 32.6 Å². The maximum absolute atomic E-state index is 14.2. The molecule has 2 aromatic carbocycles. The maximum atomic E-state index is 14.2. The monoisotopic (exact) mass is 446 g/mol. The summed E-state index contributed by atoms with van der Waals surface area (Å²) < 4.78 is 24.4. The number of rotatable bonds is 10. The molecule has 1 aliphatic rings. The van der Waals surface area contributed by atoms with Crippen molar-refractivity contribution >= 4 is 24.4 Å². The van der Waals surface area contributed by atoms with Gasteiger partial charge in [-0.15, -0.1) is 0 Å². The summed E-state index contributed by atoms with van der Waals surface area (Å²) >= 11 is 0. The second-order valence-electron chi connectivity index (χ2n) is 7.49. The minimum Gasteiger partial charge on any atom is -0.465 e. The number of carbonyl (C=O) groups is 2. The van der Waals surface area contributed by atoms with Gasteiger partial charge in [-0.3, -0.25) is 9.59 Å². The largest absolute Gasteiger partial charge is 0.465 e. The lowest BCUT2D eigenvalue weighted by atomic mass is 10.0. The lowest BCUT2D eigenvalue weighted by Crippen LogP contribution is -2.29. The third-order valence-corrected chi connectivity index (χ3v) is 8.39. The van der Waals surface area contributed by atoms with E-state index >= 15 is 0 Å². The standard InChI is InChI=1S/C23H27O7P/c24-10-5-12-30-23(27)18(14-22(26)29-13-11-25)16-31(28)15-17-6-1-2-7-19(17)20-8-3-4-9-21(20)31/h1-4,6-9,18,24-25H,5,10-16H2. The molecule has 3 rings (SSSR count). The number of esters is 2. The van der Waals surface area contributed by atoms with Crippen LogP contribution in [-0.4, -0.2) is 54.7 Å². The molecule has 0 bridgehead atoms. The van der Waals surface area contributed by atoms with E-state index in [0.717, 1.165) is 16.7 Å². The van der Waals surface area contributed by atoms with Crippen molar-refractivity contribution in [1.82, 2.24) is 0 Å². The van der Waals surface area contributed by atoms with Crippen molar-refractivity contribution in [3.63, 3.8) is 0 Å². The van der Waals surface area contributed by atoms with Gasteiger partial charge in [0.15, 0.2) is 0 Å². The molecule has 0 spiro atoms. The summed E-state index contributed by atoms with van der Waals surface area (Å²) in [6.07, 6.45) is 0.268. The second kappa shape index (κ2) is 10.7. The number of ether oxygens (including phenoxy) is 2. The first-order chi connectivity index (χ1) is 15.0. The summed E-state index contributed by atoms with van der Waals surface area (Å²) in [5, 5.41) is 18.5. The molecule has 0 saturated carbocycles. The van der Waals surface area contributed by atoms with Gasteiger partial charge in [0, 0.05) is 30.7 Å². The highest BCUT2D eigenvalue weighted by atomic mass is 31.2. The predicted octanol–water partition coefficient (Wildman–Crippen LogP) is 2.32. The van der Waals surface area contributed by atoms with E-state index in [1.165, 1.54) is 0 Å². The molecule has 2 aromatic rings. The van der Waals surface area contributed by atoms with E-state index < -0.39 is 25.0 Å². The molecule has 2 atom stereocenters. The van der Waals surface area contributed by atoms with Crippen LogP contribution < -0.4 is 5.30 Å². The second-order valence-corrected chi connectivity index (χ2v) is 10.4. The van der Waals surface area contributed by atoms with Crippen LogP contribution in [0.25, 0.3) is 11.1 Å². The first-order valence-corrected chi connectivity index (χ1v) is 12.4. The number of hydrogen-bond acceptors (Lipinski definition) is 7. The van der Waals surface area contributed by atoms with Crippen LogP contribution in [0.2, 0.25) is 0 Å². The molecule has 1 heterocycles. The summed E-state index contributed by atoms with van der Waals surface area (Å²) in [6, 6.07) is 15.2. The fraction of sp³-hybridized carbons (Fsp3) is 0.391. The minimum atomic E-state index is -3.07. The molecule has 0 radical (unpaired) electrons. The summed E-state index contributed by atoms with van der Waals surface area (Å²) in [5.74, 6) is -2.24. The van der Waals surface area contributed by atoms with Crippen LogP contribution in [0.4, 0.5) is 0 Å². The molecule has 1 aliphatic heterocycles. The molecule has 0 amide bonds. The van der Waals surface area contributed by atoms with Gasteiger partial charge in [0.05, 0.1) is 25.6 Å². The Bertz CT molecular complexity index is 972. The highest BCUT2D eigenvalue weighted by Gasteiger charge is 2.39. The molecule has 7 nitrogen and oxygen atoms in total. The van der Waals surface area contributed by atoms with Gasteiger partial charge in [0.1, 0.15) is 13.7 Å². The topological polar surface area (TPSA) is 110 Å². The van der Waals surface area contributed by atoms with Gasteiger partial charge in [-0.2, -0.15) is 0 Å². The molecule has 31 heavy (non-hydrogen) atoms. The highest BCUT2D eigenvalue weighted by molar-refractivity contribution is 7.71. The minimum absolute atomic E-state index is 0.0151. The van der Waals surface area contributed by atoms with E-state index in [1.807, 2.05) is 48.5 Å². The van der Waals surface area contributed by atoms with Crippen LogP contribution in [0.1, 0.15) is 18.4 Å². The van der Waals surface area contributed by atoms with Gasteiger partial charge in [-0.25, -0.2) is 0 Å². The van der Waals surface area contributed by atoms with E-state index in [1.54, 1.807) is 0 Å². The van der Waals surface area contributed by atoms with Gasteiger partial charge in [0.2, 0.25) is 0 Å². The third-order valence-electron chi connectivity index (χ3n) is 5.24. The molecular formula is C23H27O7P. The Balaban J connectivity index is 1.89. The summed E-state index contributed by atoms with van der Waals surface area (Å²) in [4.78, 5) is 24.9. The van der Waals surface area contributed by atoms with Crippen LogP contribution in [0.3, 0.4) is 0 Å².